The van der Waals surface area contributed by atoms with Crippen molar-refractivity contribution in [2.75, 3.05) is 23.5 Å². The Kier molecular flexibility index (Phi) is 6.98. The zero-order chi connectivity index (χ0) is 22.3. The third-order valence-corrected chi connectivity index (χ3v) is 6.56. The molecule has 0 atom stereocenters. The van der Waals surface area contributed by atoms with Crippen LogP contribution >= 0.6 is 23.1 Å². The maximum Gasteiger partial charge on any atom is 0.234 e. The van der Waals surface area contributed by atoms with Gasteiger partial charge in [0.05, 0.1) is 19.3 Å². The molecule has 0 spiro atoms. The molecule has 0 aliphatic carbocycles. The second-order valence-corrected chi connectivity index (χ2v) is 9.00. The zero-order valence-electron chi connectivity index (χ0n) is 17.2. The van der Waals surface area contributed by atoms with E-state index in [2.05, 4.69) is 20.8 Å². The van der Waals surface area contributed by atoms with Gasteiger partial charge in [0.1, 0.15) is 5.75 Å². The number of thioether (sulfide) groups is 1. The highest BCUT2D eigenvalue weighted by molar-refractivity contribution is 8.01. The smallest absolute Gasteiger partial charge is 0.234 e. The maximum atomic E-state index is 12.5. The summed E-state index contributed by atoms with van der Waals surface area (Å²) in [6.45, 7) is 0. The van der Waals surface area contributed by atoms with E-state index in [0.717, 1.165) is 22.1 Å². The van der Waals surface area contributed by atoms with Crippen LogP contribution in [0.25, 0.3) is 10.8 Å². The topological polar surface area (TPSA) is 93.2 Å². The average Bonchev–Trinajstić information content (AvgIpc) is 3.25. The number of nitrogens with one attached hydrogen (secondary N) is 2. The van der Waals surface area contributed by atoms with Crippen molar-refractivity contribution in [1.29, 1.82) is 0 Å². The fourth-order valence-corrected chi connectivity index (χ4v) is 4.67. The number of carbonyl (C=O) groups excluding carboxylic acids is 2. The van der Waals surface area contributed by atoms with Crippen molar-refractivity contribution in [3.63, 3.8) is 0 Å². The number of rotatable bonds is 8. The fraction of sp³-hybridized carbons (Fsp3) is 0.130. The molecule has 2 N–H and O–H groups in total. The number of amides is 2. The fourth-order valence-electron chi connectivity index (χ4n) is 3.10. The highest BCUT2D eigenvalue weighted by Gasteiger charge is 2.12. The lowest BCUT2D eigenvalue weighted by atomic mass is 10.0. The number of anilines is 2. The molecular formula is C23H20N4O3S2. The minimum absolute atomic E-state index is 0.156. The first-order valence-electron chi connectivity index (χ1n) is 9.77. The van der Waals surface area contributed by atoms with Crippen LogP contribution in [0.5, 0.6) is 5.75 Å². The Hall–Kier alpha value is -3.43. The van der Waals surface area contributed by atoms with Gasteiger partial charge >= 0.3 is 0 Å². The van der Waals surface area contributed by atoms with Crippen LogP contribution in [0.1, 0.15) is 5.56 Å². The van der Waals surface area contributed by atoms with Crippen molar-refractivity contribution in [3.05, 3.63) is 72.3 Å². The SMILES string of the molecule is COc1ccc(NC(=O)CSc2nnc(NC(=O)Cc3cccc4ccccc34)s2)cc1. The molecule has 1 aromatic heterocycles. The standard InChI is InChI=1S/C23H20N4O3S2/c1-30-18-11-9-17(10-12-18)24-21(29)14-31-23-27-26-22(32-23)25-20(28)13-16-7-4-6-15-5-2-3-8-19(15)16/h2-12H,13-14H2,1H3,(H,24,29)(H,25,26,28). The predicted molar refractivity (Wildman–Crippen MR) is 129 cm³/mol. The summed E-state index contributed by atoms with van der Waals surface area (Å²) < 4.78 is 5.71. The lowest BCUT2D eigenvalue weighted by Crippen LogP contribution is -2.14. The Morgan fingerprint density at radius 2 is 1.72 bits per heavy atom. The Morgan fingerprint density at radius 1 is 0.938 bits per heavy atom. The van der Waals surface area contributed by atoms with Crippen LogP contribution in [0.4, 0.5) is 10.8 Å². The van der Waals surface area contributed by atoms with Crippen molar-refractivity contribution in [2.24, 2.45) is 0 Å². The molecule has 4 rings (SSSR count). The third-order valence-electron chi connectivity index (χ3n) is 4.58. The number of nitrogens with zero attached hydrogens (tertiary/aromatic N) is 2. The molecular weight excluding hydrogens is 444 g/mol. The zero-order valence-corrected chi connectivity index (χ0v) is 18.8. The van der Waals surface area contributed by atoms with Crippen molar-refractivity contribution in [2.45, 2.75) is 10.8 Å². The quantitative estimate of drug-likeness (QED) is 0.292. The Bertz CT molecular complexity index is 1240. The van der Waals surface area contributed by atoms with Gasteiger partial charge in [0.15, 0.2) is 4.34 Å². The van der Waals surface area contributed by atoms with E-state index in [1.165, 1.54) is 23.1 Å². The summed E-state index contributed by atoms with van der Waals surface area (Å²) in [6, 6.07) is 21.0. The van der Waals surface area contributed by atoms with Gasteiger partial charge < -0.3 is 15.4 Å². The Morgan fingerprint density at radius 3 is 2.53 bits per heavy atom. The summed E-state index contributed by atoms with van der Waals surface area (Å²) >= 11 is 2.51. The molecule has 0 fully saturated rings. The van der Waals surface area contributed by atoms with E-state index >= 15 is 0 Å². The second-order valence-electron chi connectivity index (χ2n) is 6.80. The summed E-state index contributed by atoms with van der Waals surface area (Å²) in [7, 11) is 1.59. The van der Waals surface area contributed by atoms with Gasteiger partial charge in [-0.3, -0.25) is 9.59 Å². The van der Waals surface area contributed by atoms with Crippen LogP contribution in [0.2, 0.25) is 0 Å². The van der Waals surface area contributed by atoms with Crippen LogP contribution in [0, 0.1) is 0 Å². The molecule has 162 valence electrons. The number of benzene rings is 3. The summed E-state index contributed by atoms with van der Waals surface area (Å²) in [6.07, 6.45) is 0.244. The summed E-state index contributed by atoms with van der Waals surface area (Å²) in [4.78, 5) is 24.7. The first kappa shape index (κ1) is 21.8. The first-order valence-corrected chi connectivity index (χ1v) is 11.6. The molecule has 32 heavy (non-hydrogen) atoms. The van der Waals surface area contributed by atoms with Gasteiger partial charge in [-0.1, -0.05) is 65.6 Å². The molecule has 0 unspecified atom stereocenters. The van der Waals surface area contributed by atoms with Gasteiger partial charge in [0.2, 0.25) is 16.9 Å². The van der Waals surface area contributed by atoms with Crippen LogP contribution < -0.4 is 15.4 Å². The second kappa shape index (κ2) is 10.3. The van der Waals surface area contributed by atoms with Gasteiger partial charge in [0, 0.05) is 5.69 Å². The number of aromatic nitrogens is 2. The number of hydrogen-bond donors (Lipinski definition) is 2. The summed E-state index contributed by atoms with van der Waals surface area (Å²) in [5.41, 5.74) is 1.64. The van der Waals surface area contributed by atoms with Gasteiger partial charge in [-0.15, -0.1) is 10.2 Å². The lowest BCUT2D eigenvalue weighted by Gasteiger charge is -2.06. The van der Waals surface area contributed by atoms with E-state index in [0.29, 0.717) is 15.2 Å². The molecule has 7 nitrogen and oxygen atoms in total. The molecule has 0 saturated heterocycles. The molecule has 2 amide bonds. The molecule has 0 saturated carbocycles. The van der Waals surface area contributed by atoms with Gasteiger partial charge in [-0.05, 0) is 40.6 Å². The third kappa shape index (κ3) is 5.63. The molecule has 0 bridgehead atoms. The summed E-state index contributed by atoms with van der Waals surface area (Å²) in [5.74, 6) is 0.592. The Balaban J connectivity index is 1.28. The largest absolute Gasteiger partial charge is 0.497 e. The van der Waals surface area contributed by atoms with E-state index in [1.807, 2.05) is 42.5 Å². The normalized spacial score (nSPS) is 10.7. The van der Waals surface area contributed by atoms with Crippen LogP contribution in [-0.4, -0.2) is 34.9 Å². The Labute approximate surface area is 193 Å². The van der Waals surface area contributed by atoms with E-state index in [1.54, 1.807) is 31.4 Å². The number of carbonyl (C=O) groups is 2. The predicted octanol–water partition coefficient (Wildman–Crippen LogP) is 4.61. The monoisotopic (exact) mass is 464 g/mol. The molecule has 3 aromatic carbocycles. The maximum absolute atomic E-state index is 12.5. The van der Waals surface area contributed by atoms with Gasteiger partial charge in [0.25, 0.3) is 0 Å². The van der Waals surface area contributed by atoms with Crippen molar-refractivity contribution in [1.82, 2.24) is 10.2 Å². The van der Waals surface area contributed by atoms with E-state index in [9.17, 15) is 9.59 Å². The molecule has 1 heterocycles. The summed E-state index contributed by atoms with van der Waals surface area (Å²) in [5, 5.41) is 16.2. The van der Waals surface area contributed by atoms with Crippen LogP contribution in [0.3, 0.4) is 0 Å². The van der Waals surface area contributed by atoms with Gasteiger partial charge in [-0.25, -0.2) is 0 Å². The minimum Gasteiger partial charge on any atom is -0.497 e. The average molecular weight is 465 g/mol. The number of hydrogen-bond acceptors (Lipinski definition) is 7. The van der Waals surface area contributed by atoms with E-state index in [4.69, 9.17) is 4.74 Å². The highest BCUT2D eigenvalue weighted by Crippen LogP contribution is 2.26. The lowest BCUT2D eigenvalue weighted by molar-refractivity contribution is -0.115. The van der Waals surface area contributed by atoms with Crippen molar-refractivity contribution < 1.29 is 14.3 Å². The molecule has 0 aliphatic rings. The molecule has 9 heteroatoms. The van der Waals surface area contributed by atoms with Crippen molar-refractivity contribution in [3.8, 4) is 5.75 Å². The molecule has 0 aliphatic heterocycles. The van der Waals surface area contributed by atoms with Crippen LogP contribution in [0.15, 0.2) is 71.1 Å². The first-order chi connectivity index (χ1) is 15.6. The molecule has 4 aromatic rings. The van der Waals surface area contributed by atoms with E-state index in [-0.39, 0.29) is 24.0 Å². The van der Waals surface area contributed by atoms with Gasteiger partial charge in [-0.2, -0.15) is 0 Å². The molecule has 0 radical (unpaired) electrons. The van der Waals surface area contributed by atoms with E-state index < -0.39 is 0 Å². The van der Waals surface area contributed by atoms with Crippen LogP contribution in [-0.2, 0) is 16.0 Å². The number of ether oxygens (including phenoxy) is 1. The van der Waals surface area contributed by atoms with Crippen molar-refractivity contribution >= 4 is 56.5 Å². The highest BCUT2D eigenvalue weighted by atomic mass is 32.2. The number of methoxy groups -OCH3 is 1. The minimum atomic E-state index is -0.161. The number of fused-ring (bicyclic) bond motifs is 1.